The van der Waals surface area contributed by atoms with Crippen LogP contribution in [-0.2, 0) is 0 Å². The van der Waals surface area contributed by atoms with Crippen LogP contribution in [0, 0.1) is 13.8 Å². The molecule has 0 unspecified atom stereocenters. The highest BCUT2D eigenvalue weighted by atomic mass is 15.2. The molecule has 1 heterocycles. The van der Waals surface area contributed by atoms with Crippen molar-refractivity contribution in [3.05, 3.63) is 47.7 Å². The zero-order chi connectivity index (χ0) is 12.4. The molecule has 0 bridgehead atoms. The Morgan fingerprint density at radius 1 is 1.06 bits per heavy atom. The largest absolute Gasteiger partial charge is 0.396 e. The van der Waals surface area contributed by atoms with Crippen molar-refractivity contribution in [3.63, 3.8) is 0 Å². The van der Waals surface area contributed by atoms with Crippen LogP contribution in [-0.4, -0.2) is 12.0 Å². The summed E-state index contributed by atoms with van der Waals surface area (Å²) >= 11 is 0. The molecule has 88 valence electrons. The van der Waals surface area contributed by atoms with E-state index in [0.717, 1.165) is 22.8 Å². The molecule has 2 rings (SSSR count). The molecule has 0 atom stereocenters. The Morgan fingerprint density at radius 2 is 1.76 bits per heavy atom. The zero-order valence-corrected chi connectivity index (χ0v) is 10.4. The van der Waals surface area contributed by atoms with Gasteiger partial charge in [-0.2, -0.15) is 0 Å². The molecule has 3 heteroatoms. The number of nitrogens with zero attached hydrogens (tertiary/aromatic N) is 2. The molecule has 0 aliphatic heterocycles. The summed E-state index contributed by atoms with van der Waals surface area (Å²) in [6.07, 6.45) is 1.79. The van der Waals surface area contributed by atoms with E-state index in [0.29, 0.717) is 0 Å². The van der Waals surface area contributed by atoms with Crippen LogP contribution in [0.3, 0.4) is 0 Å². The summed E-state index contributed by atoms with van der Waals surface area (Å²) < 4.78 is 0. The lowest BCUT2D eigenvalue weighted by molar-refractivity contribution is 1.11. The van der Waals surface area contributed by atoms with Crippen molar-refractivity contribution in [1.82, 2.24) is 4.98 Å². The van der Waals surface area contributed by atoms with Crippen LogP contribution in [0.15, 0.2) is 36.5 Å². The van der Waals surface area contributed by atoms with Gasteiger partial charge in [0.1, 0.15) is 0 Å². The van der Waals surface area contributed by atoms with Crippen molar-refractivity contribution in [1.29, 1.82) is 0 Å². The second-order valence-electron chi connectivity index (χ2n) is 4.21. The van der Waals surface area contributed by atoms with Gasteiger partial charge in [-0.3, -0.25) is 0 Å². The summed E-state index contributed by atoms with van der Waals surface area (Å²) in [5.41, 5.74) is 10.2. The number of anilines is 3. The quantitative estimate of drug-likeness (QED) is 0.857. The summed E-state index contributed by atoms with van der Waals surface area (Å²) in [6.45, 7) is 4.07. The number of rotatable bonds is 2. The number of nitrogens with two attached hydrogens (primary N) is 1. The first-order valence-corrected chi connectivity index (χ1v) is 5.61. The molecule has 0 saturated carbocycles. The molecule has 17 heavy (non-hydrogen) atoms. The van der Waals surface area contributed by atoms with E-state index in [9.17, 15) is 0 Å². The molecule has 0 saturated heterocycles. The third-order valence-corrected chi connectivity index (χ3v) is 2.98. The van der Waals surface area contributed by atoms with Gasteiger partial charge in [0.05, 0.1) is 5.69 Å². The van der Waals surface area contributed by atoms with E-state index < -0.39 is 0 Å². The Kier molecular flexibility index (Phi) is 3.00. The topological polar surface area (TPSA) is 42.2 Å². The van der Waals surface area contributed by atoms with Gasteiger partial charge in [-0.05, 0) is 37.1 Å². The smallest absolute Gasteiger partial charge is 0.156 e. The summed E-state index contributed by atoms with van der Waals surface area (Å²) in [7, 11) is 1.99. The van der Waals surface area contributed by atoms with Gasteiger partial charge in [-0.1, -0.05) is 18.2 Å². The number of aromatic nitrogens is 1. The Labute approximate surface area is 102 Å². The third-order valence-electron chi connectivity index (χ3n) is 2.98. The minimum absolute atomic E-state index is 0.734. The molecule has 0 amide bonds. The maximum atomic E-state index is 6.07. The first-order chi connectivity index (χ1) is 8.11. The number of aryl methyl sites for hydroxylation is 2. The lowest BCUT2D eigenvalue weighted by atomic mass is 10.1. The first-order valence-electron chi connectivity index (χ1n) is 5.61. The summed E-state index contributed by atoms with van der Waals surface area (Å²) in [4.78, 5) is 6.38. The molecular formula is C14H17N3. The fourth-order valence-corrected chi connectivity index (χ4v) is 1.88. The zero-order valence-electron chi connectivity index (χ0n) is 10.4. The monoisotopic (exact) mass is 227 g/mol. The molecular weight excluding hydrogens is 210 g/mol. The number of nitrogen functional groups attached to an aromatic ring is 1. The van der Waals surface area contributed by atoms with E-state index in [4.69, 9.17) is 5.73 Å². The maximum absolute atomic E-state index is 6.07. The highest BCUT2D eigenvalue weighted by molar-refractivity contribution is 5.74. The van der Waals surface area contributed by atoms with Gasteiger partial charge in [-0.15, -0.1) is 0 Å². The van der Waals surface area contributed by atoms with E-state index in [2.05, 4.69) is 24.0 Å². The standard InChI is InChI=1S/C14H17N3/c1-10-6-4-5-7-12(10)17(3)14-13(15)11(2)8-9-16-14/h4-9H,15H2,1-3H3. The lowest BCUT2D eigenvalue weighted by Gasteiger charge is -2.22. The van der Waals surface area contributed by atoms with E-state index in [1.54, 1.807) is 6.20 Å². The van der Waals surface area contributed by atoms with E-state index in [1.165, 1.54) is 5.56 Å². The van der Waals surface area contributed by atoms with E-state index in [-0.39, 0.29) is 0 Å². The molecule has 0 spiro atoms. The molecule has 1 aromatic heterocycles. The normalized spacial score (nSPS) is 10.3. The van der Waals surface area contributed by atoms with Crippen LogP contribution in [0.5, 0.6) is 0 Å². The number of pyridine rings is 1. The summed E-state index contributed by atoms with van der Waals surface area (Å²) in [5.74, 6) is 0.805. The fraction of sp³-hybridized carbons (Fsp3) is 0.214. The van der Waals surface area contributed by atoms with Crippen LogP contribution in [0.25, 0.3) is 0 Å². The molecule has 2 aromatic rings. The number of hydrogen-bond acceptors (Lipinski definition) is 3. The van der Waals surface area contributed by atoms with Gasteiger partial charge in [-0.25, -0.2) is 4.98 Å². The van der Waals surface area contributed by atoms with Gasteiger partial charge < -0.3 is 10.6 Å². The first kappa shape index (κ1) is 11.5. The Hall–Kier alpha value is -2.03. The molecule has 2 N–H and O–H groups in total. The van der Waals surface area contributed by atoms with E-state index >= 15 is 0 Å². The predicted octanol–water partition coefficient (Wildman–Crippen LogP) is 3.05. The van der Waals surface area contributed by atoms with Gasteiger partial charge >= 0.3 is 0 Å². The number of hydrogen-bond donors (Lipinski definition) is 1. The molecule has 0 aliphatic carbocycles. The Balaban J connectivity index is 2.48. The van der Waals surface area contributed by atoms with E-state index in [1.807, 2.05) is 37.1 Å². The van der Waals surface area contributed by atoms with Crippen molar-refractivity contribution in [3.8, 4) is 0 Å². The van der Waals surface area contributed by atoms with Crippen LogP contribution in [0.2, 0.25) is 0 Å². The highest BCUT2D eigenvalue weighted by Crippen LogP contribution is 2.30. The summed E-state index contributed by atoms with van der Waals surface area (Å²) in [5, 5.41) is 0. The minimum atomic E-state index is 0.734. The van der Waals surface area contributed by atoms with Crippen molar-refractivity contribution in [2.24, 2.45) is 0 Å². The highest BCUT2D eigenvalue weighted by Gasteiger charge is 2.11. The predicted molar refractivity (Wildman–Crippen MR) is 72.6 cm³/mol. The van der Waals surface area contributed by atoms with Crippen molar-refractivity contribution in [2.45, 2.75) is 13.8 Å². The molecule has 3 nitrogen and oxygen atoms in total. The van der Waals surface area contributed by atoms with Crippen LogP contribution in [0.4, 0.5) is 17.2 Å². The molecule has 0 radical (unpaired) electrons. The summed E-state index contributed by atoms with van der Waals surface area (Å²) in [6, 6.07) is 10.1. The van der Waals surface area contributed by atoms with Crippen molar-refractivity contribution in [2.75, 3.05) is 17.7 Å². The SMILES string of the molecule is Cc1ccccc1N(C)c1nccc(C)c1N. The maximum Gasteiger partial charge on any atom is 0.156 e. The minimum Gasteiger partial charge on any atom is -0.396 e. The van der Waals surface area contributed by atoms with Gasteiger partial charge in [0.25, 0.3) is 0 Å². The van der Waals surface area contributed by atoms with Gasteiger partial charge in [0.2, 0.25) is 0 Å². The van der Waals surface area contributed by atoms with Crippen LogP contribution < -0.4 is 10.6 Å². The number of benzene rings is 1. The van der Waals surface area contributed by atoms with Crippen LogP contribution in [0.1, 0.15) is 11.1 Å². The third kappa shape index (κ3) is 2.09. The second kappa shape index (κ2) is 4.45. The number of para-hydroxylation sites is 1. The molecule has 0 fully saturated rings. The van der Waals surface area contributed by atoms with Gasteiger partial charge in [0, 0.05) is 18.9 Å². The molecule has 1 aromatic carbocycles. The lowest BCUT2D eigenvalue weighted by Crippen LogP contribution is -2.14. The Morgan fingerprint density at radius 3 is 2.47 bits per heavy atom. The second-order valence-corrected chi connectivity index (χ2v) is 4.21. The van der Waals surface area contributed by atoms with Crippen LogP contribution >= 0.6 is 0 Å². The average Bonchev–Trinajstić information content (AvgIpc) is 2.32. The van der Waals surface area contributed by atoms with Crippen molar-refractivity contribution >= 4 is 17.2 Å². The molecule has 0 aliphatic rings. The fourth-order valence-electron chi connectivity index (χ4n) is 1.88. The Bertz CT molecular complexity index is 535. The van der Waals surface area contributed by atoms with Crippen molar-refractivity contribution < 1.29 is 0 Å². The van der Waals surface area contributed by atoms with Gasteiger partial charge in [0.15, 0.2) is 5.82 Å². The average molecular weight is 227 g/mol.